The van der Waals surface area contributed by atoms with Gasteiger partial charge in [-0.2, -0.15) is 0 Å². The van der Waals surface area contributed by atoms with Crippen LogP contribution in [0.2, 0.25) is 0 Å². The molecule has 0 aliphatic carbocycles. The fraction of sp³-hybridized carbons (Fsp3) is 0.559. The molecule has 6 rings (SSSR count). The molecule has 0 spiro atoms. The van der Waals surface area contributed by atoms with Gasteiger partial charge >= 0.3 is 0 Å². The van der Waals surface area contributed by atoms with E-state index in [2.05, 4.69) is 0 Å². The van der Waals surface area contributed by atoms with E-state index in [-0.39, 0.29) is 22.7 Å². The van der Waals surface area contributed by atoms with E-state index in [1.165, 1.54) is 39.2 Å². The number of aliphatic hydroxyl groups is 9. The van der Waals surface area contributed by atoms with Crippen molar-refractivity contribution in [1.82, 2.24) is 0 Å². The van der Waals surface area contributed by atoms with E-state index in [0.29, 0.717) is 5.75 Å². The molecule has 3 aliphatic rings. The second-order valence-corrected chi connectivity index (χ2v) is 13.1. The lowest BCUT2D eigenvalue weighted by molar-refractivity contribution is -0.318. The highest BCUT2D eigenvalue weighted by atomic mass is 16.7. The number of benzene rings is 2. The highest BCUT2D eigenvalue weighted by Crippen LogP contribution is 2.39. The zero-order valence-electron chi connectivity index (χ0n) is 28.5. The van der Waals surface area contributed by atoms with Gasteiger partial charge < -0.3 is 88.6 Å². The predicted molar refractivity (Wildman–Crippen MR) is 175 cm³/mol. The first kappa shape index (κ1) is 39.0. The van der Waals surface area contributed by atoms with Gasteiger partial charge in [-0.05, 0) is 38.1 Å². The third-order valence-corrected chi connectivity index (χ3v) is 9.45. The predicted octanol–water partition coefficient (Wildman–Crippen LogP) is -2.59. The number of aromatic hydroxyl groups is 1. The molecular formula is C34H42O19. The Kier molecular flexibility index (Phi) is 11.5. The SMILES string of the molecule is COc1ccc(-c2oc3cc(OC4OC(C)C(O)C(O)C4O)cc(O)c3c(=O)c2OC2OC(COC3OC(C)C(O)C(O)C3O)C(O)C(O)C2O)cc1. The summed E-state index contributed by atoms with van der Waals surface area (Å²) in [6.07, 6.45) is -23.3. The van der Waals surface area contributed by atoms with Crippen molar-refractivity contribution < 1.29 is 88.6 Å². The molecule has 0 bridgehead atoms. The molecule has 0 amide bonds. The number of phenols is 1. The minimum Gasteiger partial charge on any atom is -0.507 e. The zero-order chi connectivity index (χ0) is 38.5. The van der Waals surface area contributed by atoms with Gasteiger partial charge in [-0.1, -0.05) is 0 Å². The molecule has 10 N–H and O–H groups in total. The number of aliphatic hydroxyl groups excluding tert-OH is 9. The fourth-order valence-corrected chi connectivity index (χ4v) is 6.22. The van der Waals surface area contributed by atoms with Crippen LogP contribution in [0.1, 0.15) is 13.8 Å². The molecule has 292 valence electrons. The van der Waals surface area contributed by atoms with Gasteiger partial charge in [-0.3, -0.25) is 4.79 Å². The highest BCUT2D eigenvalue weighted by molar-refractivity contribution is 5.88. The second kappa shape index (κ2) is 15.6. The minimum absolute atomic E-state index is 0.165. The normalized spacial score (nSPS) is 37.7. The number of methoxy groups -OCH3 is 1. The molecule has 53 heavy (non-hydrogen) atoms. The summed E-state index contributed by atoms with van der Waals surface area (Å²) in [6, 6.07) is 8.30. The van der Waals surface area contributed by atoms with E-state index in [9.17, 15) is 55.9 Å². The van der Waals surface area contributed by atoms with Crippen molar-refractivity contribution in [1.29, 1.82) is 0 Å². The largest absolute Gasteiger partial charge is 0.507 e. The molecular weight excluding hydrogens is 712 g/mol. The summed E-state index contributed by atoms with van der Waals surface area (Å²) < 4.78 is 45.0. The third-order valence-electron chi connectivity index (χ3n) is 9.45. The van der Waals surface area contributed by atoms with Crippen LogP contribution in [0.4, 0.5) is 0 Å². The first-order valence-corrected chi connectivity index (χ1v) is 16.6. The van der Waals surface area contributed by atoms with Gasteiger partial charge in [0, 0.05) is 17.7 Å². The maximum absolute atomic E-state index is 14.1. The zero-order valence-corrected chi connectivity index (χ0v) is 28.5. The Balaban J connectivity index is 1.33. The summed E-state index contributed by atoms with van der Waals surface area (Å²) in [5, 5.41) is 104. The van der Waals surface area contributed by atoms with Crippen LogP contribution >= 0.6 is 0 Å². The van der Waals surface area contributed by atoms with Crippen LogP contribution in [-0.4, -0.2) is 157 Å². The molecule has 15 atom stereocenters. The van der Waals surface area contributed by atoms with Gasteiger partial charge in [0.1, 0.15) is 89.3 Å². The van der Waals surface area contributed by atoms with Gasteiger partial charge in [0.15, 0.2) is 12.1 Å². The van der Waals surface area contributed by atoms with Crippen LogP contribution in [0.25, 0.3) is 22.3 Å². The molecule has 0 saturated carbocycles. The number of hydrogen-bond acceptors (Lipinski definition) is 19. The van der Waals surface area contributed by atoms with Gasteiger partial charge in [0.05, 0.1) is 25.9 Å². The van der Waals surface area contributed by atoms with Crippen molar-refractivity contribution in [2.24, 2.45) is 0 Å². The van der Waals surface area contributed by atoms with E-state index >= 15 is 0 Å². The van der Waals surface area contributed by atoms with Crippen molar-refractivity contribution in [3.8, 4) is 34.3 Å². The molecule has 19 heteroatoms. The summed E-state index contributed by atoms with van der Waals surface area (Å²) in [5.74, 6) is -1.27. The highest BCUT2D eigenvalue weighted by Gasteiger charge is 2.48. The fourth-order valence-electron chi connectivity index (χ4n) is 6.22. The van der Waals surface area contributed by atoms with Crippen LogP contribution in [0, 0.1) is 0 Å². The number of ether oxygens (including phenoxy) is 7. The molecule has 15 unspecified atom stereocenters. The number of hydrogen-bond donors (Lipinski definition) is 10. The van der Waals surface area contributed by atoms with E-state index in [0.717, 1.165) is 6.07 Å². The van der Waals surface area contributed by atoms with Crippen LogP contribution in [-0.2, 0) is 18.9 Å². The molecule has 3 fully saturated rings. The Hall–Kier alpha value is -3.67. The van der Waals surface area contributed by atoms with Crippen molar-refractivity contribution in [2.45, 2.75) is 106 Å². The van der Waals surface area contributed by atoms with Crippen molar-refractivity contribution in [3.63, 3.8) is 0 Å². The van der Waals surface area contributed by atoms with E-state index in [1.807, 2.05) is 0 Å². The van der Waals surface area contributed by atoms with E-state index in [4.69, 9.17) is 37.6 Å². The monoisotopic (exact) mass is 754 g/mol. The third kappa shape index (κ3) is 7.54. The van der Waals surface area contributed by atoms with Gasteiger partial charge in [-0.15, -0.1) is 0 Å². The molecule has 2 aromatic carbocycles. The summed E-state index contributed by atoms with van der Waals surface area (Å²) in [5.41, 5.74) is -1.00. The number of phenolic OH excluding ortho intramolecular Hbond substituents is 1. The Morgan fingerprint density at radius 1 is 0.642 bits per heavy atom. The lowest BCUT2D eigenvalue weighted by Crippen LogP contribution is -2.61. The van der Waals surface area contributed by atoms with Crippen molar-refractivity contribution in [3.05, 3.63) is 46.6 Å². The standard InChI is InChI=1S/C34H42O19/c1-11-20(36)24(40)27(43)32(48-11)47-10-18-22(38)26(42)29(45)34(52-18)53-31-23(39)19-16(35)8-15(50-33-28(44)25(41)21(37)12(2)49-33)9-17(19)51-30(31)13-4-6-14(46-3)7-5-13/h4-9,11-12,18,20-22,24-29,32-38,40-45H,10H2,1-3H3. The summed E-state index contributed by atoms with van der Waals surface area (Å²) in [4.78, 5) is 14.1. The first-order chi connectivity index (χ1) is 25.1. The summed E-state index contributed by atoms with van der Waals surface area (Å²) in [6.45, 7) is 2.28. The lowest BCUT2D eigenvalue weighted by atomic mass is 9.98. The molecule has 3 aromatic rings. The van der Waals surface area contributed by atoms with Gasteiger partial charge in [-0.25, -0.2) is 0 Å². The quantitative estimate of drug-likeness (QED) is 0.107. The smallest absolute Gasteiger partial charge is 0.239 e. The lowest BCUT2D eigenvalue weighted by Gasteiger charge is -2.42. The Morgan fingerprint density at radius 2 is 1.19 bits per heavy atom. The van der Waals surface area contributed by atoms with Crippen LogP contribution < -0.4 is 19.6 Å². The topological polar surface area (TPSA) is 297 Å². The Morgan fingerprint density at radius 3 is 1.79 bits per heavy atom. The Bertz CT molecular complexity index is 1780. The first-order valence-electron chi connectivity index (χ1n) is 16.6. The minimum atomic E-state index is -1.96. The van der Waals surface area contributed by atoms with E-state index in [1.54, 1.807) is 12.1 Å². The van der Waals surface area contributed by atoms with Crippen molar-refractivity contribution in [2.75, 3.05) is 13.7 Å². The molecule has 1 aromatic heterocycles. The molecule has 0 radical (unpaired) electrons. The second-order valence-electron chi connectivity index (χ2n) is 13.1. The summed E-state index contributed by atoms with van der Waals surface area (Å²) >= 11 is 0. The number of fused-ring (bicyclic) bond motifs is 1. The Labute approximate surface area is 300 Å². The average molecular weight is 755 g/mol. The van der Waals surface area contributed by atoms with Crippen LogP contribution in [0.5, 0.6) is 23.0 Å². The van der Waals surface area contributed by atoms with Gasteiger partial charge in [0.25, 0.3) is 0 Å². The van der Waals surface area contributed by atoms with Crippen LogP contribution in [0.15, 0.2) is 45.6 Å². The molecule has 3 aliphatic heterocycles. The molecule has 19 nitrogen and oxygen atoms in total. The van der Waals surface area contributed by atoms with Crippen LogP contribution in [0.3, 0.4) is 0 Å². The summed E-state index contributed by atoms with van der Waals surface area (Å²) in [7, 11) is 1.44. The average Bonchev–Trinajstić information content (AvgIpc) is 3.14. The molecule has 3 saturated heterocycles. The number of rotatable bonds is 9. The van der Waals surface area contributed by atoms with E-state index < -0.39 is 121 Å². The maximum Gasteiger partial charge on any atom is 0.239 e. The maximum atomic E-state index is 14.1. The molecule has 4 heterocycles. The van der Waals surface area contributed by atoms with Crippen molar-refractivity contribution >= 4 is 11.0 Å². The van der Waals surface area contributed by atoms with Gasteiger partial charge in [0.2, 0.25) is 23.8 Å².